The first kappa shape index (κ1) is 13.9. The third-order valence-corrected chi connectivity index (χ3v) is 2.34. The van der Waals surface area contributed by atoms with Crippen LogP contribution >= 0.6 is 0 Å². The molecule has 0 aromatic heterocycles. The van der Waals surface area contributed by atoms with Crippen LogP contribution in [0.1, 0.15) is 11.1 Å². The summed E-state index contributed by atoms with van der Waals surface area (Å²) in [5.74, 6) is 0. The first-order valence-electron chi connectivity index (χ1n) is 5.47. The van der Waals surface area contributed by atoms with Crippen LogP contribution in [0.25, 0.3) is 5.70 Å². The Morgan fingerprint density at radius 2 is 2.17 bits per heavy atom. The lowest BCUT2D eigenvalue weighted by atomic mass is 10.1. The summed E-state index contributed by atoms with van der Waals surface area (Å²) in [6.07, 6.45) is 1.69. The van der Waals surface area contributed by atoms with Gasteiger partial charge in [0.25, 0.3) is 4.92 Å². The van der Waals surface area contributed by atoms with Crippen molar-refractivity contribution in [2.75, 3.05) is 21.2 Å². The largest absolute Gasteiger partial charge is 0.369 e. The summed E-state index contributed by atoms with van der Waals surface area (Å²) in [5, 5.41) is 0. The van der Waals surface area contributed by atoms with Crippen molar-refractivity contribution in [3.63, 3.8) is 0 Å². The Morgan fingerprint density at radius 3 is 2.67 bits per heavy atom. The number of aryl methyl sites for hydroxylation is 1. The molecule has 1 aromatic carbocycles. The standard InChI is InChI=1S/C13H18N3O2/c1-10-8-12(16(17)18-5)6-7-13(10)11(2)14-9-15(3)4/h6-9H,2H2,1,3-5H3/q+1. The summed E-state index contributed by atoms with van der Waals surface area (Å²) in [5.41, 5.74) is 2.93. The quantitative estimate of drug-likeness (QED) is 0.457. The number of hydrogen-bond donors (Lipinski definition) is 0. The molecule has 0 amide bonds. The molecule has 0 aliphatic carbocycles. The number of benzene rings is 1. The van der Waals surface area contributed by atoms with Gasteiger partial charge in [0.1, 0.15) is 0 Å². The van der Waals surface area contributed by atoms with Crippen LogP contribution in [0.15, 0.2) is 29.8 Å². The fraction of sp³-hybridized carbons (Fsp3) is 0.308. The van der Waals surface area contributed by atoms with E-state index in [1.165, 1.54) is 7.11 Å². The van der Waals surface area contributed by atoms with Crippen molar-refractivity contribution in [3.8, 4) is 0 Å². The lowest BCUT2D eigenvalue weighted by Gasteiger charge is -2.06. The van der Waals surface area contributed by atoms with Crippen LogP contribution in [0.3, 0.4) is 0 Å². The molecule has 0 aliphatic rings. The van der Waals surface area contributed by atoms with Gasteiger partial charge in [-0.15, -0.1) is 0 Å². The molecule has 0 radical (unpaired) electrons. The second-order valence-corrected chi connectivity index (χ2v) is 4.09. The molecule has 0 atom stereocenters. The molecule has 0 saturated carbocycles. The van der Waals surface area contributed by atoms with Crippen molar-refractivity contribution in [1.82, 2.24) is 4.90 Å². The second kappa shape index (κ2) is 5.95. The van der Waals surface area contributed by atoms with E-state index in [2.05, 4.69) is 16.4 Å². The Hall–Kier alpha value is -2.17. The minimum absolute atomic E-state index is 0.447. The monoisotopic (exact) mass is 248 g/mol. The Bertz CT molecular complexity index is 493. The van der Waals surface area contributed by atoms with Crippen LogP contribution in [0, 0.1) is 11.8 Å². The van der Waals surface area contributed by atoms with E-state index in [1.807, 2.05) is 32.0 Å². The smallest absolute Gasteiger partial charge is 0.317 e. The van der Waals surface area contributed by atoms with E-state index in [0.717, 1.165) is 11.1 Å². The third-order valence-electron chi connectivity index (χ3n) is 2.34. The number of aliphatic imine (C=N–C) groups is 1. The van der Waals surface area contributed by atoms with Crippen LogP contribution in [0.2, 0.25) is 0 Å². The van der Waals surface area contributed by atoms with Gasteiger partial charge in [-0.3, -0.25) is 0 Å². The predicted molar refractivity (Wildman–Crippen MR) is 72.7 cm³/mol. The normalized spacial score (nSPS) is 10.4. The maximum absolute atomic E-state index is 11.3. The van der Waals surface area contributed by atoms with Crippen molar-refractivity contribution in [2.45, 2.75) is 6.92 Å². The molecule has 0 heterocycles. The van der Waals surface area contributed by atoms with Gasteiger partial charge in [0.05, 0.1) is 16.9 Å². The van der Waals surface area contributed by atoms with Crippen LogP contribution in [-0.2, 0) is 4.84 Å². The highest BCUT2D eigenvalue weighted by atomic mass is 16.8. The molecule has 5 heteroatoms. The molecule has 96 valence electrons. The van der Waals surface area contributed by atoms with Gasteiger partial charge in [-0.2, -0.15) is 0 Å². The Labute approximate surface area is 107 Å². The SMILES string of the molecule is C=C(N=CN(C)C)c1ccc([N+](=O)OC)cc1C. The molecular weight excluding hydrogens is 230 g/mol. The van der Waals surface area contributed by atoms with Gasteiger partial charge in [0.15, 0.2) is 7.11 Å². The van der Waals surface area contributed by atoms with Gasteiger partial charge in [0.2, 0.25) is 0 Å². The number of hydrogen-bond acceptors (Lipinski definition) is 3. The van der Waals surface area contributed by atoms with Gasteiger partial charge in [-0.1, -0.05) is 6.58 Å². The van der Waals surface area contributed by atoms with E-state index in [1.54, 1.807) is 18.5 Å². The molecule has 1 rings (SSSR count). The zero-order valence-electron chi connectivity index (χ0n) is 11.2. The van der Waals surface area contributed by atoms with E-state index < -0.39 is 0 Å². The third kappa shape index (κ3) is 3.41. The second-order valence-electron chi connectivity index (χ2n) is 4.09. The zero-order chi connectivity index (χ0) is 13.7. The van der Waals surface area contributed by atoms with Crippen LogP contribution in [0.5, 0.6) is 0 Å². The molecule has 0 saturated heterocycles. The molecular formula is C13H18N3O2+. The van der Waals surface area contributed by atoms with E-state index in [0.29, 0.717) is 16.3 Å². The highest BCUT2D eigenvalue weighted by molar-refractivity contribution is 5.73. The molecule has 0 unspecified atom stereocenters. The maximum atomic E-state index is 11.3. The summed E-state index contributed by atoms with van der Waals surface area (Å²) in [6, 6.07) is 5.22. The average molecular weight is 248 g/mol. The van der Waals surface area contributed by atoms with E-state index >= 15 is 0 Å². The van der Waals surface area contributed by atoms with Gasteiger partial charge in [-0.05, 0) is 18.6 Å². The topological polar surface area (TPSA) is 44.9 Å². The molecule has 0 spiro atoms. The lowest BCUT2D eigenvalue weighted by molar-refractivity contribution is -0.736. The minimum Gasteiger partial charge on any atom is -0.369 e. The molecule has 0 aliphatic heterocycles. The summed E-state index contributed by atoms with van der Waals surface area (Å²) < 4.78 is 0. The Kier molecular flexibility index (Phi) is 4.59. The molecule has 5 nitrogen and oxygen atoms in total. The van der Waals surface area contributed by atoms with Crippen molar-refractivity contribution < 1.29 is 9.76 Å². The van der Waals surface area contributed by atoms with Crippen LogP contribution in [-0.4, -0.2) is 37.4 Å². The first-order valence-corrected chi connectivity index (χ1v) is 5.47. The Balaban J connectivity index is 2.99. The van der Waals surface area contributed by atoms with E-state index in [-0.39, 0.29) is 0 Å². The van der Waals surface area contributed by atoms with Gasteiger partial charge in [-0.25, -0.2) is 9.83 Å². The van der Waals surface area contributed by atoms with E-state index in [9.17, 15) is 4.91 Å². The highest BCUT2D eigenvalue weighted by Gasteiger charge is 2.15. The Morgan fingerprint density at radius 1 is 1.50 bits per heavy atom. The number of nitrogens with zero attached hydrogens (tertiary/aromatic N) is 3. The summed E-state index contributed by atoms with van der Waals surface area (Å²) in [4.78, 5) is 22.4. The zero-order valence-corrected chi connectivity index (χ0v) is 11.2. The summed E-state index contributed by atoms with van der Waals surface area (Å²) >= 11 is 0. The van der Waals surface area contributed by atoms with Crippen molar-refractivity contribution in [1.29, 1.82) is 0 Å². The summed E-state index contributed by atoms with van der Waals surface area (Å²) in [6.45, 7) is 5.81. The van der Waals surface area contributed by atoms with Crippen molar-refractivity contribution in [2.24, 2.45) is 4.99 Å². The van der Waals surface area contributed by atoms with Gasteiger partial charge < -0.3 is 4.90 Å². The summed E-state index contributed by atoms with van der Waals surface area (Å²) in [7, 11) is 5.11. The number of rotatable bonds is 5. The lowest BCUT2D eigenvalue weighted by Crippen LogP contribution is -2.07. The fourth-order valence-corrected chi connectivity index (χ4v) is 1.45. The maximum Gasteiger partial charge on any atom is 0.317 e. The van der Waals surface area contributed by atoms with Crippen molar-refractivity contribution >= 4 is 17.7 Å². The fourth-order valence-electron chi connectivity index (χ4n) is 1.45. The molecule has 0 fully saturated rings. The van der Waals surface area contributed by atoms with Gasteiger partial charge >= 0.3 is 5.69 Å². The average Bonchev–Trinajstić information content (AvgIpc) is 2.34. The predicted octanol–water partition coefficient (Wildman–Crippen LogP) is 2.53. The first-order chi connectivity index (χ1) is 8.45. The minimum atomic E-state index is 0.447. The molecule has 1 aromatic rings. The van der Waals surface area contributed by atoms with Gasteiger partial charge in [0, 0.05) is 31.8 Å². The van der Waals surface area contributed by atoms with Crippen LogP contribution in [0.4, 0.5) is 5.69 Å². The molecule has 18 heavy (non-hydrogen) atoms. The van der Waals surface area contributed by atoms with Crippen LogP contribution < -0.4 is 0 Å². The van der Waals surface area contributed by atoms with E-state index in [4.69, 9.17) is 0 Å². The highest BCUT2D eigenvalue weighted by Crippen LogP contribution is 2.23. The molecule has 0 N–H and O–H groups in total. The van der Waals surface area contributed by atoms with Crippen molar-refractivity contribution in [3.05, 3.63) is 40.8 Å². The molecule has 0 bridgehead atoms.